The predicted octanol–water partition coefficient (Wildman–Crippen LogP) is -7.39. The van der Waals surface area contributed by atoms with E-state index in [-0.39, 0.29) is 37.9 Å². The summed E-state index contributed by atoms with van der Waals surface area (Å²) in [5.74, 6) is -1.21. The molecule has 0 aromatic heterocycles. The van der Waals surface area contributed by atoms with Crippen molar-refractivity contribution in [2.45, 2.75) is 123 Å². The summed E-state index contributed by atoms with van der Waals surface area (Å²) in [6, 6.07) is -3.05. The lowest BCUT2D eigenvalue weighted by Gasteiger charge is -2.49. The molecule has 18 heteroatoms. The van der Waals surface area contributed by atoms with Crippen LogP contribution in [0, 0.1) is 11.8 Å². The molecular formula is C27H52N6O12. The summed E-state index contributed by atoms with van der Waals surface area (Å²) in [5, 5.41) is 77.1. The van der Waals surface area contributed by atoms with Gasteiger partial charge in [0.1, 0.15) is 54.9 Å². The van der Waals surface area contributed by atoms with E-state index in [9.17, 15) is 40.5 Å². The van der Waals surface area contributed by atoms with Crippen molar-refractivity contribution in [3.63, 3.8) is 0 Å². The third-order valence-electron chi connectivity index (χ3n) is 9.56. The number of ketones is 1. The van der Waals surface area contributed by atoms with Crippen LogP contribution in [0.1, 0.15) is 25.7 Å². The van der Waals surface area contributed by atoms with Crippen molar-refractivity contribution in [3.05, 3.63) is 0 Å². The molecule has 2 saturated carbocycles. The molecular weight excluding hydrogens is 600 g/mol. The van der Waals surface area contributed by atoms with Gasteiger partial charge in [-0.25, -0.2) is 0 Å². The lowest BCUT2D eigenvalue weighted by Crippen LogP contribution is -2.68. The largest absolute Gasteiger partial charge is 0.394 e. The third kappa shape index (κ3) is 8.18. The summed E-state index contributed by atoms with van der Waals surface area (Å²) >= 11 is 0. The highest BCUT2D eigenvalue weighted by atomic mass is 16.7. The molecule has 262 valence electrons. The first-order valence-electron chi connectivity index (χ1n) is 15.5. The van der Waals surface area contributed by atoms with Crippen molar-refractivity contribution in [1.29, 1.82) is 0 Å². The maximum atomic E-state index is 12.7. The minimum Gasteiger partial charge on any atom is -0.394 e. The Kier molecular flexibility index (Phi) is 13.0. The van der Waals surface area contributed by atoms with Crippen LogP contribution in [0.4, 0.5) is 0 Å². The maximum absolute atomic E-state index is 12.7. The second-order valence-electron chi connectivity index (χ2n) is 12.8. The van der Waals surface area contributed by atoms with Gasteiger partial charge in [0.05, 0.1) is 24.8 Å². The smallest absolute Gasteiger partial charge is 0.186 e. The molecule has 4 aliphatic rings. The second-order valence-corrected chi connectivity index (χ2v) is 12.8. The zero-order valence-corrected chi connectivity index (χ0v) is 25.1. The lowest BCUT2D eigenvalue weighted by atomic mass is 9.76. The standard InChI is InChI=1S/C27H52N6O12/c28-5-14(36)13(35)4-10-3-12(31)25(23(41)24(10)44-27-21(39)17(32)19(37)16(8-34)43-27)45-26-18(33-7-9-1-11(30)2-9)22(40)20(38)15(6-29)42-26/h9-12,14-27,33-34,36-41H,1-8,28-32H2/t9?,10-,11?,12-,14-,15+,16+,17-,18+,19+,20+,21+,22+,23+,24-,25?,26+,27+/m0/s1. The average Bonchev–Trinajstić information content (AvgIpc) is 3.00. The number of nitrogens with two attached hydrogens (primary N) is 5. The molecule has 0 amide bonds. The van der Waals surface area contributed by atoms with Crippen molar-refractivity contribution < 1.29 is 59.5 Å². The van der Waals surface area contributed by atoms with E-state index in [1.807, 2.05) is 0 Å². The van der Waals surface area contributed by atoms with Crippen LogP contribution in [-0.2, 0) is 23.7 Å². The summed E-state index contributed by atoms with van der Waals surface area (Å²) in [5.41, 5.74) is 29.5. The molecule has 18 nitrogen and oxygen atoms in total. The predicted molar refractivity (Wildman–Crippen MR) is 154 cm³/mol. The quantitative estimate of drug-likeness (QED) is 0.0878. The highest BCUT2D eigenvalue weighted by molar-refractivity contribution is 5.83. The molecule has 0 radical (unpaired) electrons. The van der Waals surface area contributed by atoms with E-state index < -0.39 is 110 Å². The van der Waals surface area contributed by atoms with Crippen LogP contribution >= 0.6 is 0 Å². The SMILES string of the molecule is NC[C@H](O)C(=O)C[C@@H]1C[C@H](N)C(O[C@H]2O[C@H](CN)[C@@H](O)[C@H](O)[C@H]2NCC2CC(N)C2)[C@H](O)[C@H]1O[C@H]1O[C@H](CO)[C@@H](O)[C@H](N)[C@H]1O. The van der Waals surface area contributed by atoms with Gasteiger partial charge in [-0.05, 0) is 37.6 Å². The van der Waals surface area contributed by atoms with Crippen LogP contribution in [0.2, 0.25) is 0 Å². The Hall–Kier alpha value is -1.01. The number of Topliss-reactive ketones (excluding diaryl/α,β-unsaturated/α-hetero) is 1. The number of carbonyl (C=O) groups is 1. The summed E-state index contributed by atoms with van der Waals surface area (Å²) in [6.45, 7) is -0.668. The van der Waals surface area contributed by atoms with Crippen molar-refractivity contribution in [2.75, 3.05) is 26.2 Å². The molecule has 4 rings (SSSR count). The van der Waals surface area contributed by atoms with Gasteiger partial charge in [0.2, 0.25) is 0 Å². The minimum absolute atomic E-state index is 0.0205. The fraction of sp³-hybridized carbons (Fsp3) is 0.963. The topological polar surface area (TPSA) is 338 Å². The number of hydrogen-bond donors (Lipinski definition) is 13. The Morgan fingerprint density at radius 3 is 2.09 bits per heavy atom. The molecule has 18 N–H and O–H groups in total. The van der Waals surface area contributed by atoms with Gasteiger partial charge in [0.15, 0.2) is 18.4 Å². The van der Waals surface area contributed by atoms with Crippen LogP contribution in [0.15, 0.2) is 0 Å². The van der Waals surface area contributed by atoms with Gasteiger partial charge in [-0.15, -0.1) is 0 Å². The highest BCUT2D eigenvalue weighted by Gasteiger charge is 2.52. The fourth-order valence-corrected chi connectivity index (χ4v) is 6.69. The van der Waals surface area contributed by atoms with Crippen molar-refractivity contribution in [3.8, 4) is 0 Å². The third-order valence-corrected chi connectivity index (χ3v) is 9.56. The maximum Gasteiger partial charge on any atom is 0.186 e. The molecule has 0 spiro atoms. The Morgan fingerprint density at radius 2 is 1.49 bits per heavy atom. The zero-order valence-electron chi connectivity index (χ0n) is 25.1. The zero-order chi connectivity index (χ0) is 33.2. The van der Waals surface area contributed by atoms with Gasteiger partial charge in [-0.2, -0.15) is 0 Å². The number of aliphatic hydroxyl groups excluding tert-OH is 7. The second kappa shape index (κ2) is 15.9. The van der Waals surface area contributed by atoms with Gasteiger partial charge in [0.25, 0.3) is 0 Å². The molecule has 2 heterocycles. The van der Waals surface area contributed by atoms with Crippen molar-refractivity contribution in [2.24, 2.45) is 40.5 Å². The van der Waals surface area contributed by atoms with E-state index in [1.54, 1.807) is 0 Å². The van der Waals surface area contributed by atoms with E-state index in [0.29, 0.717) is 6.54 Å². The number of hydrogen-bond acceptors (Lipinski definition) is 18. The molecule has 2 aliphatic carbocycles. The molecule has 0 aromatic rings. The number of aliphatic hydroxyl groups is 7. The first-order valence-corrected chi connectivity index (χ1v) is 15.5. The van der Waals surface area contributed by atoms with Crippen LogP contribution in [0.3, 0.4) is 0 Å². The van der Waals surface area contributed by atoms with Gasteiger partial charge in [-0.1, -0.05) is 0 Å². The highest BCUT2D eigenvalue weighted by Crippen LogP contribution is 2.36. The van der Waals surface area contributed by atoms with Crippen LogP contribution in [0.25, 0.3) is 0 Å². The number of ether oxygens (including phenoxy) is 4. The number of nitrogens with one attached hydrogen (secondary N) is 1. The van der Waals surface area contributed by atoms with Gasteiger partial charge in [0, 0.05) is 31.6 Å². The van der Waals surface area contributed by atoms with E-state index in [0.717, 1.165) is 12.8 Å². The Bertz CT molecular complexity index is 952. The van der Waals surface area contributed by atoms with Crippen molar-refractivity contribution >= 4 is 5.78 Å². The summed E-state index contributed by atoms with van der Waals surface area (Å²) in [6.07, 6.45) is -15.0. The Labute approximate surface area is 261 Å². The fourth-order valence-electron chi connectivity index (χ4n) is 6.69. The molecule has 2 saturated heterocycles. The number of carbonyl (C=O) groups excluding carboxylic acids is 1. The van der Waals surface area contributed by atoms with E-state index >= 15 is 0 Å². The minimum atomic E-state index is -1.60. The van der Waals surface area contributed by atoms with Gasteiger partial charge >= 0.3 is 0 Å². The van der Waals surface area contributed by atoms with Crippen LogP contribution in [0.5, 0.6) is 0 Å². The molecule has 16 atom stereocenters. The molecule has 45 heavy (non-hydrogen) atoms. The Balaban J connectivity index is 1.56. The summed E-state index contributed by atoms with van der Waals surface area (Å²) in [4.78, 5) is 12.7. The molecule has 0 aromatic carbocycles. The van der Waals surface area contributed by atoms with E-state index in [2.05, 4.69) is 5.32 Å². The van der Waals surface area contributed by atoms with Gasteiger partial charge < -0.3 is 88.7 Å². The number of rotatable bonds is 13. The summed E-state index contributed by atoms with van der Waals surface area (Å²) in [7, 11) is 0. The molecule has 4 fully saturated rings. The van der Waals surface area contributed by atoms with Crippen LogP contribution < -0.4 is 34.0 Å². The molecule has 1 unspecified atom stereocenters. The Morgan fingerprint density at radius 1 is 0.844 bits per heavy atom. The molecule has 0 bridgehead atoms. The van der Waals surface area contributed by atoms with Gasteiger partial charge in [-0.3, -0.25) is 4.79 Å². The summed E-state index contributed by atoms with van der Waals surface area (Å²) < 4.78 is 23.7. The normalized spacial score (nSPS) is 48.0. The monoisotopic (exact) mass is 652 g/mol. The molecule has 2 aliphatic heterocycles. The van der Waals surface area contributed by atoms with Crippen LogP contribution in [-0.4, -0.2) is 166 Å². The average molecular weight is 653 g/mol. The van der Waals surface area contributed by atoms with E-state index in [1.165, 1.54) is 0 Å². The van der Waals surface area contributed by atoms with E-state index in [4.69, 9.17) is 47.6 Å². The first-order chi connectivity index (χ1) is 21.3. The lowest BCUT2D eigenvalue weighted by molar-refractivity contribution is -0.324. The van der Waals surface area contributed by atoms with Crippen molar-refractivity contribution in [1.82, 2.24) is 5.32 Å². The first kappa shape index (κ1) is 36.8.